The van der Waals surface area contributed by atoms with E-state index in [4.69, 9.17) is 28.6 Å². The fourth-order valence-corrected chi connectivity index (χ4v) is 5.32. The molecule has 202 valence electrons. The Labute approximate surface area is 237 Å². The molecule has 0 spiro atoms. The van der Waals surface area contributed by atoms with E-state index in [1.165, 1.54) is 29.2 Å². The van der Waals surface area contributed by atoms with Gasteiger partial charge in [0.2, 0.25) is 5.91 Å². The highest BCUT2D eigenvalue weighted by atomic mass is 35.5. The van der Waals surface area contributed by atoms with E-state index in [-0.39, 0.29) is 23.3 Å². The summed E-state index contributed by atoms with van der Waals surface area (Å²) in [5.74, 6) is -1.03. The first kappa shape index (κ1) is 27.1. The molecule has 5 rings (SSSR count). The highest BCUT2D eigenvalue weighted by Crippen LogP contribution is 2.28. The van der Waals surface area contributed by atoms with Crippen LogP contribution in [0.5, 0.6) is 0 Å². The Morgan fingerprint density at radius 2 is 1.62 bits per heavy atom. The summed E-state index contributed by atoms with van der Waals surface area (Å²) < 4.78 is 19.0. The number of hydrogen-bond donors (Lipinski definition) is 1. The number of anilines is 3. The average molecular weight is 567 g/mol. The van der Waals surface area contributed by atoms with E-state index in [9.17, 15) is 14.0 Å². The van der Waals surface area contributed by atoms with Gasteiger partial charge in [-0.15, -0.1) is 0 Å². The summed E-state index contributed by atoms with van der Waals surface area (Å²) >= 11 is 11.7. The smallest absolute Gasteiger partial charge is 0.256 e. The maximum absolute atomic E-state index is 13.6. The van der Waals surface area contributed by atoms with E-state index < -0.39 is 11.9 Å². The van der Waals surface area contributed by atoms with Crippen molar-refractivity contribution in [1.29, 1.82) is 0 Å². The third-order valence-corrected chi connectivity index (χ3v) is 7.53. The van der Waals surface area contributed by atoms with Crippen molar-refractivity contribution in [3.63, 3.8) is 0 Å². The zero-order valence-electron chi connectivity index (χ0n) is 21.2. The summed E-state index contributed by atoms with van der Waals surface area (Å²) in [6.07, 6.45) is 0.519. The van der Waals surface area contributed by atoms with Crippen molar-refractivity contribution in [3.8, 4) is 0 Å². The summed E-state index contributed by atoms with van der Waals surface area (Å²) in [4.78, 5) is 32.1. The summed E-state index contributed by atoms with van der Waals surface area (Å²) in [5, 5.41) is 3.83. The number of nitrogens with zero attached hydrogens (tertiary/aromatic N) is 3. The van der Waals surface area contributed by atoms with Crippen molar-refractivity contribution >= 4 is 57.8 Å². The SMILES string of the molecule is O=C(CC1C(=O)N(c2ccc(F)cc2)C(=S)N1CCc1ccc(Cl)cc1)Nc1ccc(N2CCOCC2)cc1. The van der Waals surface area contributed by atoms with Gasteiger partial charge in [-0.05, 0) is 84.9 Å². The van der Waals surface area contributed by atoms with Gasteiger partial charge in [0.15, 0.2) is 5.11 Å². The third kappa shape index (κ3) is 6.38. The molecular formula is C29H28ClFN4O3S. The quantitative estimate of drug-likeness (QED) is 0.392. The van der Waals surface area contributed by atoms with Crippen LogP contribution in [0.2, 0.25) is 5.02 Å². The predicted octanol–water partition coefficient (Wildman–Crippen LogP) is 4.89. The number of halogens is 2. The summed E-state index contributed by atoms with van der Waals surface area (Å²) in [6.45, 7) is 3.46. The molecule has 0 bridgehead atoms. The monoisotopic (exact) mass is 566 g/mol. The van der Waals surface area contributed by atoms with Crippen molar-refractivity contribution in [2.45, 2.75) is 18.9 Å². The molecule has 3 aromatic carbocycles. The average Bonchev–Trinajstić information content (AvgIpc) is 3.18. The number of morpholine rings is 1. The molecule has 0 saturated carbocycles. The number of nitrogens with one attached hydrogen (secondary N) is 1. The minimum Gasteiger partial charge on any atom is -0.378 e. The summed E-state index contributed by atoms with van der Waals surface area (Å²) in [5.41, 5.74) is 3.20. The maximum Gasteiger partial charge on any atom is 0.256 e. The van der Waals surface area contributed by atoms with Gasteiger partial charge in [-0.3, -0.25) is 14.5 Å². The Kier molecular flexibility index (Phi) is 8.40. The van der Waals surface area contributed by atoms with Crippen molar-refractivity contribution in [2.75, 3.05) is 48.0 Å². The molecule has 1 N–H and O–H groups in total. The molecule has 2 aliphatic heterocycles. The Morgan fingerprint density at radius 3 is 2.28 bits per heavy atom. The van der Waals surface area contributed by atoms with Gasteiger partial charge < -0.3 is 19.9 Å². The Balaban J connectivity index is 1.30. The molecule has 2 fully saturated rings. The molecule has 10 heteroatoms. The summed E-state index contributed by atoms with van der Waals surface area (Å²) in [7, 11) is 0. The molecule has 0 aromatic heterocycles. The second kappa shape index (κ2) is 12.1. The minimum absolute atomic E-state index is 0.0809. The number of benzene rings is 3. The highest BCUT2D eigenvalue weighted by Gasteiger charge is 2.43. The topological polar surface area (TPSA) is 65.1 Å². The van der Waals surface area contributed by atoms with Crippen LogP contribution in [0.4, 0.5) is 21.5 Å². The molecule has 2 saturated heterocycles. The molecule has 2 aliphatic rings. The molecule has 2 heterocycles. The van der Waals surface area contributed by atoms with Crippen LogP contribution in [-0.4, -0.2) is 60.7 Å². The molecule has 2 amide bonds. The lowest BCUT2D eigenvalue weighted by atomic mass is 10.1. The van der Waals surface area contributed by atoms with E-state index in [1.54, 1.807) is 4.90 Å². The lowest BCUT2D eigenvalue weighted by Crippen LogP contribution is -2.39. The first-order valence-electron chi connectivity index (χ1n) is 12.8. The van der Waals surface area contributed by atoms with Crippen LogP contribution in [-0.2, 0) is 20.7 Å². The van der Waals surface area contributed by atoms with Crippen LogP contribution >= 0.6 is 23.8 Å². The molecule has 0 aliphatic carbocycles. The van der Waals surface area contributed by atoms with Gasteiger partial charge in [0.1, 0.15) is 11.9 Å². The van der Waals surface area contributed by atoms with Crippen LogP contribution in [0.15, 0.2) is 72.8 Å². The molecule has 3 aromatic rings. The Hall–Kier alpha value is -3.53. The third-order valence-electron chi connectivity index (χ3n) is 6.86. The Bertz CT molecular complexity index is 1330. The van der Waals surface area contributed by atoms with Crippen LogP contribution < -0.4 is 15.1 Å². The fraction of sp³-hybridized carbons (Fsp3) is 0.276. The van der Waals surface area contributed by atoms with Crippen LogP contribution in [0.3, 0.4) is 0 Å². The Morgan fingerprint density at radius 1 is 0.974 bits per heavy atom. The first-order valence-corrected chi connectivity index (χ1v) is 13.5. The second-order valence-electron chi connectivity index (χ2n) is 9.42. The zero-order valence-corrected chi connectivity index (χ0v) is 22.8. The van der Waals surface area contributed by atoms with E-state index in [0.717, 1.165) is 24.3 Å². The number of amides is 2. The molecule has 39 heavy (non-hydrogen) atoms. The largest absolute Gasteiger partial charge is 0.378 e. The van der Waals surface area contributed by atoms with Gasteiger partial charge in [0.25, 0.3) is 5.91 Å². The number of rotatable bonds is 8. The van der Waals surface area contributed by atoms with E-state index in [0.29, 0.717) is 42.6 Å². The number of hydrogen-bond acceptors (Lipinski definition) is 5. The fourth-order valence-electron chi connectivity index (χ4n) is 4.78. The zero-order chi connectivity index (χ0) is 27.4. The van der Waals surface area contributed by atoms with Gasteiger partial charge >= 0.3 is 0 Å². The van der Waals surface area contributed by atoms with Gasteiger partial charge in [-0.25, -0.2) is 4.39 Å². The second-order valence-corrected chi connectivity index (χ2v) is 10.2. The van der Waals surface area contributed by atoms with Gasteiger partial charge in [-0.1, -0.05) is 23.7 Å². The molecule has 1 atom stereocenters. The van der Waals surface area contributed by atoms with Gasteiger partial charge in [0, 0.05) is 36.0 Å². The van der Waals surface area contributed by atoms with Crippen LogP contribution in [0.25, 0.3) is 0 Å². The standard InChI is InChI=1S/C29H28ClFN4O3S/c30-21-3-1-20(2-4-21)13-14-34-26(28(37)35(29(34)39)25-9-5-22(31)6-10-25)19-27(36)32-23-7-11-24(12-8-23)33-15-17-38-18-16-33/h1-12,26H,13-19H2,(H,32,36). The van der Waals surface area contributed by atoms with Crippen molar-refractivity contribution in [2.24, 2.45) is 0 Å². The lowest BCUT2D eigenvalue weighted by molar-refractivity contribution is -0.124. The van der Waals surface area contributed by atoms with E-state index in [1.807, 2.05) is 48.5 Å². The predicted molar refractivity (Wildman–Crippen MR) is 155 cm³/mol. The first-order chi connectivity index (χ1) is 18.9. The highest BCUT2D eigenvalue weighted by molar-refractivity contribution is 7.80. The van der Waals surface area contributed by atoms with Gasteiger partial charge in [0.05, 0.1) is 25.3 Å². The van der Waals surface area contributed by atoms with Crippen molar-refractivity contribution < 1.29 is 18.7 Å². The number of ether oxygens (including phenoxy) is 1. The van der Waals surface area contributed by atoms with Crippen LogP contribution in [0, 0.1) is 5.82 Å². The minimum atomic E-state index is -0.789. The molecule has 7 nitrogen and oxygen atoms in total. The number of carbonyl (C=O) groups is 2. The van der Waals surface area contributed by atoms with Crippen LogP contribution in [0.1, 0.15) is 12.0 Å². The van der Waals surface area contributed by atoms with Gasteiger partial charge in [-0.2, -0.15) is 0 Å². The normalized spacial score (nSPS) is 17.6. The van der Waals surface area contributed by atoms with E-state index >= 15 is 0 Å². The summed E-state index contributed by atoms with van der Waals surface area (Å²) in [6, 6.07) is 19.9. The molecule has 0 radical (unpaired) electrons. The lowest BCUT2D eigenvalue weighted by Gasteiger charge is -2.29. The van der Waals surface area contributed by atoms with Crippen molar-refractivity contribution in [3.05, 3.63) is 89.2 Å². The molecular weight excluding hydrogens is 539 g/mol. The van der Waals surface area contributed by atoms with E-state index in [2.05, 4.69) is 10.2 Å². The number of thiocarbonyl (C=S) groups is 1. The maximum atomic E-state index is 13.6. The van der Waals surface area contributed by atoms with Crippen molar-refractivity contribution in [1.82, 2.24) is 4.90 Å². The molecule has 1 unspecified atom stereocenters. The number of carbonyl (C=O) groups excluding carboxylic acids is 2.